The number of nitrogens with one attached hydrogen (secondary N) is 1. The van der Waals surface area contributed by atoms with Crippen LogP contribution in [0.15, 0.2) is 22.9 Å². The summed E-state index contributed by atoms with van der Waals surface area (Å²) in [5.41, 5.74) is 5.60. The van der Waals surface area contributed by atoms with Crippen molar-refractivity contribution in [1.29, 1.82) is 0 Å². The highest BCUT2D eigenvalue weighted by atomic mass is 79.9. The molecule has 0 spiro atoms. The second kappa shape index (κ2) is 4.91. The third-order valence-corrected chi connectivity index (χ3v) is 3.09. The van der Waals surface area contributed by atoms with Gasteiger partial charge in [0.25, 0.3) is 0 Å². The van der Waals surface area contributed by atoms with Gasteiger partial charge in [-0.05, 0) is 40.5 Å². The minimum Gasteiger partial charge on any atom is -0.271 e. The number of hydrazine groups is 1. The lowest BCUT2D eigenvalue weighted by Gasteiger charge is -2.16. The van der Waals surface area contributed by atoms with Gasteiger partial charge in [-0.2, -0.15) is 0 Å². The van der Waals surface area contributed by atoms with E-state index in [-0.39, 0.29) is 6.04 Å². The fraction of sp³-hybridized carbons (Fsp3) is 0.300. The summed E-state index contributed by atoms with van der Waals surface area (Å²) in [6.45, 7) is 1.94. The van der Waals surface area contributed by atoms with Crippen LogP contribution in [0.1, 0.15) is 23.0 Å². The maximum absolute atomic E-state index is 5.62. The van der Waals surface area contributed by atoms with E-state index in [1.165, 1.54) is 0 Å². The molecule has 6 nitrogen and oxygen atoms in total. The van der Waals surface area contributed by atoms with Gasteiger partial charge < -0.3 is 0 Å². The summed E-state index contributed by atoms with van der Waals surface area (Å²) in [5, 5.41) is 7.89. The number of pyridine rings is 1. The molecule has 3 N–H and O–H groups in total. The highest BCUT2D eigenvalue weighted by Crippen LogP contribution is 2.25. The Hall–Kier alpha value is -1.31. The Balaban J connectivity index is 2.47. The molecular formula is C10H13BrN6. The van der Waals surface area contributed by atoms with Crippen molar-refractivity contribution < 1.29 is 0 Å². The van der Waals surface area contributed by atoms with Crippen molar-refractivity contribution in [3.8, 4) is 0 Å². The number of nitrogens with two attached hydrogens (primary N) is 1. The van der Waals surface area contributed by atoms with Gasteiger partial charge in [0.05, 0.1) is 11.7 Å². The van der Waals surface area contributed by atoms with Crippen LogP contribution in [-0.4, -0.2) is 20.0 Å². The van der Waals surface area contributed by atoms with Crippen LogP contribution in [0, 0.1) is 6.92 Å². The Morgan fingerprint density at radius 3 is 2.82 bits per heavy atom. The zero-order valence-corrected chi connectivity index (χ0v) is 11.1. The average molecular weight is 297 g/mol. The molecule has 0 aromatic carbocycles. The van der Waals surface area contributed by atoms with Crippen LogP contribution in [-0.2, 0) is 7.05 Å². The molecular weight excluding hydrogens is 284 g/mol. The molecule has 7 heteroatoms. The zero-order chi connectivity index (χ0) is 12.4. The number of halogens is 1. The number of aromatic nitrogens is 4. The van der Waals surface area contributed by atoms with Crippen molar-refractivity contribution in [2.45, 2.75) is 13.0 Å². The standard InChI is InChI=1S/C10H13BrN6/c1-6-5-7(3-4-13-6)8(14-12)9-10(11)15-16-17(9)2/h3-5,8,14H,12H2,1-2H3. The van der Waals surface area contributed by atoms with Gasteiger partial charge in [-0.1, -0.05) is 5.21 Å². The van der Waals surface area contributed by atoms with Crippen molar-refractivity contribution in [3.63, 3.8) is 0 Å². The van der Waals surface area contributed by atoms with E-state index < -0.39 is 0 Å². The molecule has 2 rings (SSSR count). The number of nitrogens with zero attached hydrogens (tertiary/aromatic N) is 4. The van der Waals surface area contributed by atoms with Gasteiger partial charge in [0.2, 0.25) is 0 Å². The minimum atomic E-state index is -0.175. The first kappa shape index (κ1) is 12.2. The van der Waals surface area contributed by atoms with Gasteiger partial charge in [0.1, 0.15) is 0 Å². The zero-order valence-electron chi connectivity index (χ0n) is 9.55. The molecule has 0 saturated carbocycles. The highest BCUT2D eigenvalue weighted by Gasteiger charge is 2.20. The van der Waals surface area contributed by atoms with E-state index in [1.807, 2.05) is 26.1 Å². The monoisotopic (exact) mass is 296 g/mol. The molecule has 0 aliphatic carbocycles. The van der Waals surface area contributed by atoms with Crippen LogP contribution in [0.4, 0.5) is 0 Å². The molecule has 2 heterocycles. The van der Waals surface area contributed by atoms with E-state index in [0.29, 0.717) is 4.60 Å². The molecule has 1 atom stereocenters. The molecule has 1 unspecified atom stereocenters. The SMILES string of the molecule is Cc1cc(C(NN)c2c(Br)nnn2C)ccn1. The van der Waals surface area contributed by atoms with Crippen LogP contribution in [0.2, 0.25) is 0 Å². The number of hydrogen-bond acceptors (Lipinski definition) is 5. The molecule has 0 amide bonds. The molecule has 0 bridgehead atoms. The fourth-order valence-corrected chi connectivity index (χ4v) is 2.28. The molecule has 90 valence electrons. The van der Waals surface area contributed by atoms with Crippen molar-refractivity contribution in [2.24, 2.45) is 12.9 Å². The predicted molar refractivity (Wildman–Crippen MR) is 66.8 cm³/mol. The van der Waals surface area contributed by atoms with Gasteiger partial charge in [-0.25, -0.2) is 10.1 Å². The first-order valence-electron chi connectivity index (χ1n) is 5.07. The van der Waals surface area contributed by atoms with E-state index in [0.717, 1.165) is 17.0 Å². The Bertz CT molecular complexity index is 504. The maximum atomic E-state index is 5.62. The van der Waals surface area contributed by atoms with Crippen LogP contribution >= 0.6 is 15.9 Å². The first-order chi connectivity index (χ1) is 8.13. The molecule has 17 heavy (non-hydrogen) atoms. The third kappa shape index (κ3) is 2.36. The van der Waals surface area contributed by atoms with Crippen molar-refractivity contribution >= 4 is 15.9 Å². The Labute approximate surface area is 107 Å². The van der Waals surface area contributed by atoms with Crippen molar-refractivity contribution in [3.05, 3.63) is 39.9 Å². The molecule has 0 fully saturated rings. The second-order valence-electron chi connectivity index (χ2n) is 3.72. The van der Waals surface area contributed by atoms with Gasteiger partial charge >= 0.3 is 0 Å². The fourth-order valence-electron chi connectivity index (χ4n) is 1.73. The topological polar surface area (TPSA) is 81.6 Å². The summed E-state index contributed by atoms with van der Waals surface area (Å²) in [4.78, 5) is 4.16. The second-order valence-corrected chi connectivity index (χ2v) is 4.47. The Morgan fingerprint density at radius 2 is 2.29 bits per heavy atom. The first-order valence-corrected chi connectivity index (χ1v) is 5.86. The van der Waals surface area contributed by atoms with E-state index >= 15 is 0 Å². The summed E-state index contributed by atoms with van der Waals surface area (Å²) in [6, 6.07) is 3.71. The molecule has 0 aliphatic heterocycles. The van der Waals surface area contributed by atoms with Crippen LogP contribution < -0.4 is 11.3 Å². The number of hydrogen-bond donors (Lipinski definition) is 2. The molecule has 0 aliphatic rings. The van der Waals surface area contributed by atoms with Gasteiger partial charge in [-0.15, -0.1) is 5.10 Å². The third-order valence-electron chi connectivity index (χ3n) is 2.52. The smallest absolute Gasteiger partial charge is 0.153 e. The van der Waals surface area contributed by atoms with Crippen molar-refractivity contribution in [2.75, 3.05) is 0 Å². The lowest BCUT2D eigenvalue weighted by molar-refractivity contribution is 0.568. The molecule has 0 radical (unpaired) electrons. The van der Waals surface area contributed by atoms with Crippen LogP contribution in [0.3, 0.4) is 0 Å². The minimum absolute atomic E-state index is 0.175. The molecule has 2 aromatic heterocycles. The summed E-state index contributed by atoms with van der Waals surface area (Å²) in [7, 11) is 1.82. The van der Waals surface area contributed by atoms with Crippen LogP contribution in [0.5, 0.6) is 0 Å². The highest BCUT2D eigenvalue weighted by molar-refractivity contribution is 9.10. The van der Waals surface area contributed by atoms with Gasteiger partial charge in [0.15, 0.2) is 4.60 Å². The summed E-state index contributed by atoms with van der Waals surface area (Å²) in [5.74, 6) is 5.62. The summed E-state index contributed by atoms with van der Waals surface area (Å²) in [6.07, 6.45) is 1.76. The lowest BCUT2D eigenvalue weighted by Crippen LogP contribution is -2.30. The van der Waals surface area contributed by atoms with Crippen LogP contribution in [0.25, 0.3) is 0 Å². The van der Waals surface area contributed by atoms with Gasteiger partial charge in [-0.3, -0.25) is 10.8 Å². The predicted octanol–water partition coefficient (Wildman–Crippen LogP) is 0.834. The maximum Gasteiger partial charge on any atom is 0.153 e. The van der Waals surface area contributed by atoms with E-state index in [4.69, 9.17) is 5.84 Å². The van der Waals surface area contributed by atoms with Crippen molar-refractivity contribution in [1.82, 2.24) is 25.4 Å². The van der Waals surface area contributed by atoms with E-state index in [2.05, 4.69) is 36.7 Å². The van der Waals surface area contributed by atoms with Gasteiger partial charge in [0, 0.05) is 18.9 Å². The normalized spacial score (nSPS) is 12.7. The largest absolute Gasteiger partial charge is 0.271 e. The Morgan fingerprint density at radius 1 is 1.53 bits per heavy atom. The molecule has 2 aromatic rings. The lowest BCUT2D eigenvalue weighted by atomic mass is 10.1. The number of aryl methyl sites for hydroxylation is 2. The average Bonchev–Trinajstić information content (AvgIpc) is 2.62. The van der Waals surface area contributed by atoms with E-state index in [1.54, 1.807) is 10.9 Å². The molecule has 0 saturated heterocycles. The summed E-state index contributed by atoms with van der Waals surface area (Å²) < 4.78 is 2.36. The number of rotatable bonds is 3. The quantitative estimate of drug-likeness (QED) is 0.648. The Kier molecular flexibility index (Phi) is 3.51. The summed E-state index contributed by atoms with van der Waals surface area (Å²) >= 11 is 3.37. The van der Waals surface area contributed by atoms with E-state index in [9.17, 15) is 0 Å².